The molecule has 0 spiro atoms. The van der Waals surface area contributed by atoms with Gasteiger partial charge in [0.25, 0.3) is 11.8 Å². The first kappa shape index (κ1) is 19.4. The van der Waals surface area contributed by atoms with Crippen LogP contribution in [0.25, 0.3) is 11.1 Å². The van der Waals surface area contributed by atoms with Crippen LogP contribution in [-0.2, 0) is 4.79 Å². The first-order valence-corrected chi connectivity index (χ1v) is 8.76. The van der Waals surface area contributed by atoms with Crippen molar-refractivity contribution in [1.82, 2.24) is 15.2 Å². The van der Waals surface area contributed by atoms with E-state index in [4.69, 9.17) is 5.26 Å². The molecule has 1 N–H and O–H groups in total. The number of likely N-dealkylation sites (tertiary alicyclic amines) is 1. The predicted octanol–water partition coefficient (Wildman–Crippen LogP) is 2.63. The molecule has 0 aliphatic carbocycles. The number of piperidine rings is 1. The first-order chi connectivity index (χ1) is 13.4. The van der Waals surface area contributed by atoms with Crippen LogP contribution in [-0.4, -0.2) is 46.8 Å². The summed E-state index contributed by atoms with van der Waals surface area (Å²) in [5, 5.41) is 11.6. The molecular formula is C20H18F2N4O2. The minimum absolute atomic E-state index is 0.0916. The van der Waals surface area contributed by atoms with Crippen molar-refractivity contribution in [3.8, 4) is 17.2 Å². The Kier molecular flexibility index (Phi) is 5.64. The average Bonchev–Trinajstić information content (AvgIpc) is 2.71. The molecule has 2 amide bonds. The third kappa shape index (κ3) is 4.31. The summed E-state index contributed by atoms with van der Waals surface area (Å²) >= 11 is 0. The highest BCUT2D eigenvalue weighted by atomic mass is 19.3. The number of rotatable bonds is 4. The van der Waals surface area contributed by atoms with Crippen LogP contribution >= 0.6 is 0 Å². The van der Waals surface area contributed by atoms with Gasteiger partial charge in [0.1, 0.15) is 6.04 Å². The van der Waals surface area contributed by atoms with Gasteiger partial charge >= 0.3 is 0 Å². The fourth-order valence-corrected chi connectivity index (χ4v) is 3.13. The second-order valence-corrected chi connectivity index (χ2v) is 6.53. The molecule has 0 bridgehead atoms. The van der Waals surface area contributed by atoms with Crippen molar-refractivity contribution in [3.05, 3.63) is 54.4 Å². The fourth-order valence-electron chi connectivity index (χ4n) is 3.13. The zero-order valence-corrected chi connectivity index (χ0v) is 14.9. The number of pyridine rings is 1. The molecule has 28 heavy (non-hydrogen) atoms. The molecule has 1 fully saturated rings. The van der Waals surface area contributed by atoms with E-state index in [0.29, 0.717) is 11.1 Å². The maximum Gasteiger partial charge on any atom is 0.265 e. The summed E-state index contributed by atoms with van der Waals surface area (Å²) in [6.07, 6.45) is 2.48. The lowest BCUT2D eigenvalue weighted by Gasteiger charge is -2.36. The van der Waals surface area contributed by atoms with Crippen LogP contribution < -0.4 is 5.32 Å². The van der Waals surface area contributed by atoms with Gasteiger partial charge in [-0.25, -0.2) is 8.78 Å². The Morgan fingerprint density at radius 1 is 1.29 bits per heavy atom. The number of amides is 2. The van der Waals surface area contributed by atoms with Crippen molar-refractivity contribution in [2.75, 3.05) is 13.1 Å². The number of halogens is 2. The Bertz CT molecular complexity index is 912. The Hall–Kier alpha value is -3.34. The lowest BCUT2D eigenvalue weighted by Crippen LogP contribution is -2.53. The molecule has 0 unspecified atom stereocenters. The van der Waals surface area contributed by atoms with Crippen LogP contribution in [0.15, 0.2) is 48.8 Å². The molecule has 1 aromatic carbocycles. The van der Waals surface area contributed by atoms with Crippen LogP contribution in [0.5, 0.6) is 0 Å². The van der Waals surface area contributed by atoms with E-state index in [9.17, 15) is 18.4 Å². The van der Waals surface area contributed by atoms with Gasteiger partial charge in [0.15, 0.2) is 0 Å². The Labute approximate surface area is 160 Å². The molecule has 0 radical (unpaired) electrons. The topological polar surface area (TPSA) is 86.1 Å². The van der Waals surface area contributed by atoms with E-state index < -0.39 is 43.3 Å². The maximum absolute atomic E-state index is 13.6. The third-order valence-electron chi connectivity index (χ3n) is 4.58. The molecule has 0 saturated carbocycles. The number of alkyl halides is 2. The smallest absolute Gasteiger partial charge is 0.265 e. The normalized spacial score (nSPS) is 18.2. The monoisotopic (exact) mass is 384 g/mol. The molecule has 144 valence electrons. The van der Waals surface area contributed by atoms with E-state index in [1.165, 1.54) is 12.3 Å². The van der Waals surface area contributed by atoms with E-state index in [2.05, 4.69) is 10.3 Å². The lowest BCUT2D eigenvalue weighted by atomic mass is 10.00. The Balaban J connectivity index is 1.71. The zero-order chi connectivity index (χ0) is 20.1. The largest absolute Gasteiger partial charge is 0.343 e. The highest BCUT2D eigenvalue weighted by molar-refractivity contribution is 6.02. The van der Waals surface area contributed by atoms with Crippen LogP contribution in [0.3, 0.4) is 0 Å². The molecule has 8 heteroatoms. The van der Waals surface area contributed by atoms with Gasteiger partial charge in [0, 0.05) is 24.4 Å². The summed E-state index contributed by atoms with van der Waals surface area (Å²) in [6, 6.07) is 11.6. The van der Waals surface area contributed by atoms with Crippen molar-refractivity contribution in [1.29, 1.82) is 5.26 Å². The Morgan fingerprint density at radius 2 is 2.04 bits per heavy atom. The van der Waals surface area contributed by atoms with Gasteiger partial charge in [-0.15, -0.1) is 0 Å². The molecule has 1 aliphatic rings. The molecular weight excluding hydrogens is 366 g/mol. The highest BCUT2D eigenvalue weighted by Crippen LogP contribution is 2.30. The van der Waals surface area contributed by atoms with Gasteiger partial charge in [-0.05, 0) is 18.1 Å². The van der Waals surface area contributed by atoms with Crippen molar-refractivity contribution in [2.45, 2.75) is 24.8 Å². The van der Waals surface area contributed by atoms with Crippen LogP contribution in [0, 0.1) is 11.3 Å². The maximum atomic E-state index is 13.6. The average molecular weight is 384 g/mol. The quantitative estimate of drug-likeness (QED) is 0.878. The summed E-state index contributed by atoms with van der Waals surface area (Å²) in [5.74, 6) is -4.26. The number of nitriles is 1. The first-order valence-electron chi connectivity index (χ1n) is 8.76. The molecule has 1 aliphatic heterocycles. The second kappa shape index (κ2) is 8.13. The lowest BCUT2D eigenvalue weighted by molar-refractivity contribution is -0.143. The predicted molar refractivity (Wildman–Crippen MR) is 97.3 cm³/mol. The molecule has 2 aromatic rings. The second-order valence-electron chi connectivity index (χ2n) is 6.53. The molecule has 2 heterocycles. The molecule has 1 saturated heterocycles. The number of hydrogen-bond acceptors (Lipinski definition) is 4. The number of carbonyl (C=O) groups is 2. The van der Waals surface area contributed by atoms with E-state index in [-0.39, 0.29) is 6.42 Å². The number of nitrogens with one attached hydrogen (secondary N) is 1. The van der Waals surface area contributed by atoms with Crippen LogP contribution in [0.4, 0.5) is 8.78 Å². The van der Waals surface area contributed by atoms with Gasteiger partial charge < -0.3 is 10.2 Å². The standard InChI is InChI=1S/C20H18F2N4O2/c21-20(22)8-6-15(10-23)26(13-20)18(27)12-25-19(28)16-7-9-24-11-17(16)14-4-2-1-3-5-14/h1-5,7,9,11,15H,6,8,12-13H2,(H,25,28)/t15-/m0/s1. The van der Waals surface area contributed by atoms with E-state index in [0.717, 1.165) is 10.5 Å². The van der Waals surface area contributed by atoms with E-state index in [1.807, 2.05) is 36.4 Å². The van der Waals surface area contributed by atoms with Gasteiger partial charge in [0.05, 0.1) is 24.7 Å². The van der Waals surface area contributed by atoms with Gasteiger partial charge in [0.2, 0.25) is 5.91 Å². The molecule has 1 aromatic heterocycles. The minimum atomic E-state index is -3.03. The number of aromatic nitrogens is 1. The van der Waals surface area contributed by atoms with Crippen molar-refractivity contribution >= 4 is 11.8 Å². The number of benzene rings is 1. The van der Waals surface area contributed by atoms with Crippen molar-refractivity contribution in [2.24, 2.45) is 0 Å². The summed E-state index contributed by atoms with van der Waals surface area (Å²) in [6.45, 7) is -1.28. The number of hydrogen-bond donors (Lipinski definition) is 1. The zero-order valence-electron chi connectivity index (χ0n) is 14.9. The molecule has 6 nitrogen and oxygen atoms in total. The van der Waals surface area contributed by atoms with Crippen LogP contribution in [0.1, 0.15) is 23.2 Å². The van der Waals surface area contributed by atoms with Crippen molar-refractivity contribution in [3.63, 3.8) is 0 Å². The molecule has 1 atom stereocenters. The highest BCUT2D eigenvalue weighted by Gasteiger charge is 2.42. The summed E-state index contributed by atoms with van der Waals surface area (Å²) in [5.41, 5.74) is 1.69. The van der Waals surface area contributed by atoms with E-state index in [1.54, 1.807) is 6.20 Å². The van der Waals surface area contributed by atoms with E-state index >= 15 is 0 Å². The fraction of sp³-hybridized carbons (Fsp3) is 0.300. The Morgan fingerprint density at radius 3 is 2.75 bits per heavy atom. The van der Waals surface area contributed by atoms with Gasteiger partial charge in [-0.3, -0.25) is 14.6 Å². The molecule has 3 rings (SSSR count). The van der Waals surface area contributed by atoms with Crippen LogP contribution in [0.2, 0.25) is 0 Å². The third-order valence-corrected chi connectivity index (χ3v) is 4.58. The number of nitrogens with zero attached hydrogens (tertiary/aromatic N) is 3. The summed E-state index contributed by atoms with van der Waals surface area (Å²) in [4.78, 5) is 29.8. The number of carbonyl (C=O) groups excluding carboxylic acids is 2. The van der Waals surface area contributed by atoms with Gasteiger partial charge in [-0.2, -0.15) is 5.26 Å². The minimum Gasteiger partial charge on any atom is -0.343 e. The SMILES string of the molecule is N#C[C@@H]1CCC(F)(F)CN1C(=O)CNC(=O)c1ccncc1-c1ccccc1. The van der Waals surface area contributed by atoms with Gasteiger partial charge in [-0.1, -0.05) is 30.3 Å². The summed E-state index contributed by atoms with van der Waals surface area (Å²) < 4.78 is 27.3. The summed E-state index contributed by atoms with van der Waals surface area (Å²) in [7, 11) is 0. The van der Waals surface area contributed by atoms with Crippen molar-refractivity contribution < 1.29 is 18.4 Å².